The van der Waals surface area contributed by atoms with E-state index in [2.05, 4.69) is 62.3 Å². The van der Waals surface area contributed by atoms with Crippen LogP contribution >= 0.6 is 15.9 Å². The minimum atomic E-state index is 0.613. The average molecular weight is 344 g/mol. The quantitative estimate of drug-likeness (QED) is 0.674. The van der Waals surface area contributed by atoms with Crippen LogP contribution in [0.3, 0.4) is 0 Å². The van der Waals surface area contributed by atoms with Crippen LogP contribution in [0.15, 0.2) is 10.8 Å². The highest BCUT2D eigenvalue weighted by Crippen LogP contribution is 2.26. The van der Waals surface area contributed by atoms with Crippen molar-refractivity contribution in [1.82, 2.24) is 14.9 Å². The van der Waals surface area contributed by atoms with Gasteiger partial charge in [-0.2, -0.15) is 0 Å². The molecular weight excluding hydrogens is 318 g/mol. The second kappa shape index (κ2) is 9.13. The van der Waals surface area contributed by atoms with Crippen molar-refractivity contribution in [2.45, 2.75) is 39.7 Å². The number of unbranched alkanes of at least 4 members (excludes halogenated alkanes) is 1. The lowest BCUT2D eigenvalue weighted by atomic mass is 10.2. The third kappa shape index (κ3) is 5.63. The molecule has 0 atom stereocenters. The number of nitrogens with one attached hydrogen (secondary N) is 2. The molecule has 0 aliphatic carbocycles. The molecule has 0 unspecified atom stereocenters. The summed E-state index contributed by atoms with van der Waals surface area (Å²) in [5.41, 5.74) is 0. The van der Waals surface area contributed by atoms with Crippen molar-refractivity contribution in [3.63, 3.8) is 0 Å². The first-order valence-electron chi connectivity index (χ1n) is 7.24. The van der Waals surface area contributed by atoms with Gasteiger partial charge in [0.2, 0.25) is 0 Å². The molecule has 0 spiro atoms. The highest BCUT2D eigenvalue weighted by molar-refractivity contribution is 9.10. The molecule has 1 aromatic rings. The number of rotatable bonds is 9. The van der Waals surface area contributed by atoms with E-state index in [1.807, 2.05) is 6.92 Å². The topological polar surface area (TPSA) is 53.1 Å². The van der Waals surface area contributed by atoms with Gasteiger partial charge in [0.15, 0.2) is 0 Å². The van der Waals surface area contributed by atoms with Gasteiger partial charge < -0.3 is 15.5 Å². The summed E-state index contributed by atoms with van der Waals surface area (Å²) in [6.45, 7) is 9.39. The summed E-state index contributed by atoms with van der Waals surface area (Å²) >= 11 is 3.54. The first kappa shape index (κ1) is 17.2. The van der Waals surface area contributed by atoms with E-state index in [0.717, 1.165) is 42.2 Å². The maximum atomic E-state index is 4.26. The van der Waals surface area contributed by atoms with E-state index in [1.54, 1.807) is 6.33 Å². The molecule has 1 heterocycles. The van der Waals surface area contributed by atoms with Crippen molar-refractivity contribution in [3.05, 3.63) is 10.8 Å². The van der Waals surface area contributed by atoms with Crippen LogP contribution in [-0.2, 0) is 0 Å². The molecule has 0 aliphatic heterocycles. The summed E-state index contributed by atoms with van der Waals surface area (Å²) in [4.78, 5) is 10.8. The molecule has 0 aliphatic rings. The van der Waals surface area contributed by atoms with Gasteiger partial charge in [-0.05, 0) is 63.1 Å². The third-order valence-electron chi connectivity index (χ3n) is 3.25. The number of nitrogens with zero attached hydrogens (tertiary/aromatic N) is 3. The molecule has 0 fully saturated rings. The number of halogens is 1. The molecule has 2 N–H and O–H groups in total. The van der Waals surface area contributed by atoms with Crippen LogP contribution in [0.2, 0.25) is 0 Å². The first-order valence-corrected chi connectivity index (χ1v) is 8.04. The maximum Gasteiger partial charge on any atom is 0.145 e. The fourth-order valence-electron chi connectivity index (χ4n) is 1.73. The zero-order valence-corrected chi connectivity index (χ0v) is 14.5. The lowest BCUT2D eigenvalue weighted by molar-refractivity contribution is 0.269. The zero-order chi connectivity index (χ0) is 15.0. The van der Waals surface area contributed by atoms with Gasteiger partial charge >= 0.3 is 0 Å². The minimum Gasteiger partial charge on any atom is -0.369 e. The Balaban J connectivity index is 2.33. The smallest absolute Gasteiger partial charge is 0.145 e. The van der Waals surface area contributed by atoms with E-state index >= 15 is 0 Å². The highest BCUT2D eigenvalue weighted by Gasteiger charge is 2.07. The van der Waals surface area contributed by atoms with E-state index in [0.29, 0.717) is 6.04 Å². The minimum absolute atomic E-state index is 0.613. The van der Waals surface area contributed by atoms with Gasteiger partial charge in [-0.25, -0.2) is 9.97 Å². The summed E-state index contributed by atoms with van der Waals surface area (Å²) < 4.78 is 0.904. The van der Waals surface area contributed by atoms with Crippen molar-refractivity contribution >= 4 is 27.6 Å². The predicted molar refractivity (Wildman–Crippen MR) is 89.4 cm³/mol. The summed E-state index contributed by atoms with van der Waals surface area (Å²) in [7, 11) is 2.17. The van der Waals surface area contributed by atoms with Gasteiger partial charge in [0.1, 0.15) is 22.4 Å². The standard InChI is InChI=1S/C14H26BrN5/c1-5-16-13-12(15)14(19-10-18-13)17-8-6-7-9-20(4)11(2)3/h10-11H,5-9H2,1-4H3,(H2,16,17,18,19). The molecule has 20 heavy (non-hydrogen) atoms. The largest absolute Gasteiger partial charge is 0.369 e. The molecule has 1 rings (SSSR count). The van der Waals surface area contributed by atoms with Crippen LogP contribution in [0.4, 0.5) is 11.6 Å². The second-order valence-electron chi connectivity index (χ2n) is 5.12. The Hall–Kier alpha value is -0.880. The lowest BCUT2D eigenvalue weighted by Gasteiger charge is -2.20. The van der Waals surface area contributed by atoms with Crippen LogP contribution in [0.1, 0.15) is 33.6 Å². The van der Waals surface area contributed by atoms with Crippen molar-refractivity contribution in [1.29, 1.82) is 0 Å². The molecule has 0 saturated carbocycles. The molecule has 0 aromatic carbocycles. The van der Waals surface area contributed by atoms with E-state index < -0.39 is 0 Å². The highest BCUT2D eigenvalue weighted by atomic mass is 79.9. The molecule has 0 amide bonds. The molecule has 0 bridgehead atoms. The van der Waals surface area contributed by atoms with Crippen LogP contribution in [-0.4, -0.2) is 47.6 Å². The number of anilines is 2. The summed E-state index contributed by atoms with van der Waals surface area (Å²) in [5, 5.41) is 6.56. The van der Waals surface area contributed by atoms with Crippen LogP contribution in [0.5, 0.6) is 0 Å². The Kier molecular flexibility index (Phi) is 7.84. The molecule has 6 heteroatoms. The first-order chi connectivity index (χ1) is 9.56. The normalized spacial score (nSPS) is 11.2. The summed E-state index contributed by atoms with van der Waals surface area (Å²) in [5.74, 6) is 1.69. The molecule has 0 saturated heterocycles. The molecule has 114 valence electrons. The van der Waals surface area contributed by atoms with Gasteiger partial charge in [0.25, 0.3) is 0 Å². The van der Waals surface area contributed by atoms with Crippen molar-refractivity contribution in [3.8, 4) is 0 Å². The third-order valence-corrected chi connectivity index (χ3v) is 4.00. The molecule has 0 radical (unpaired) electrons. The summed E-state index contributed by atoms with van der Waals surface area (Å²) in [6.07, 6.45) is 3.89. The SMILES string of the molecule is CCNc1ncnc(NCCCCN(C)C(C)C)c1Br. The molecule has 1 aromatic heterocycles. The summed E-state index contributed by atoms with van der Waals surface area (Å²) in [6, 6.07) is 0.613. The Morgan fingerprint density at radius 3 is 2.45 bits per heavy atom. The Labute approximate surface area is 130 Å². The lowest BCUT2D eigenvalue weighted by Crippen LogP contribution is -2.27. The monoisotopic (exact) mass is 343 g/mol. The van der Waals surface area contributed by atoms with Gasteiger partial charge in [0.05, 0.1) is 0 Å². The zero-order valence-electron chi connectivity index (χ0n) is 12.9. The Morgan fingerprint density at radius 1 is 1.20 bits per heavy atom. The number of hydrogen-bond donors (Lipinski definition) is 2. The second-order valence-corrected chi connectivity index (χ2v) is 5.92. The van der Waals surface area contributed by atoms with Crippen LogP contribution in [0, 0.1) is 0 Å². The number of aromatic nitrogens is 2. The Morgan fingerprint density at radius 2 is 1.85 bits per heavy atom. The van der Waals surface area contributed by atoms with Crippen LogP contribution < -0.4 is 10.6 Å². The molecular formula is C14H26BrN5. The molecule has 5 nitrogen and oxygen atoms in total. The predicted octanol–water partition coefficient (Wildman–Crippen LogP) is 3.20. The van der Waals surface area contributed by atoms with Crippen molar-refractivity contribution < 1.29 is 0 Å². The van der Waals surface area contributed by atoms with Crippen molar-refractivity contribution in [2.75, 3.05) is 37.3 Å². The number of hydrogen-bond acceptors (Lipinski definition) is 5. The fourth-order valence-corrected chi connectivity index (χ4v) is 2.22. The van der Waals surface area contributed by atoms with E-state index in [4.69, 9.17) is 0 Å². The van der Waals surface area contributed by atoms with E-state index in [1.165, 1.54) is 6.42 Å². The van der Waals surface area contributed by atoms with Gasteiger partial charge in [-0.1, -0.05) is 0 Å². The Bertz CT molecular complexity index is 397. The van der Waals surface area contributed by atoms with Gasteiger partial charge in [0, 0.05) is 19.1 Å². The van der Waals surface area contributed by atoms with Crippen molar-refractivity contribution in [2.24, 2.45) is 0 Å². The maximum absolute atomic E-state index is 4.26. The van der Waals surface area contributed by atoms with Gasteiger partial charge in [-0.15, -0.1) is 0 Å². The fraction of sp³-hybridized carbons (Fsp3) is 0.714. The van der Waals surface area contributed by atoms with E-state index in [-0.39, 0.29) is 0 Å². The van der Waals surface area contributed by atoms with E-state index in [9.17, 15) is 0 Å². The van der Waals surface area contributed by atoms with Crippen LogP contribution in [0.25, 0.3) is 0 Å². The average Bonchev–Trinajstić information content (AvgIpc) is 2.42. The van der Waals surface area contributed by atoms with Gasteiger partial charge in [-0.3, -0.25) is 0 Å².